The van der Waals surface area contributed by atoms with Gasteiger partial charge in [-0.15, -0.1) is 0 Å². The number of aromatic hydroxyl groups is 1. The van der Waals surface area contributed by atoms with E-state index in [4.69, 9.17) is 19.2 Å². The summed E-state index contributed by atoms with van der Waals surface area (Å²) in [5.41, 5.74) is 4.60. The van der Waals surface area contributed by atoms with Crippen LogP contribution in [0.15, 0.2) is 53.1 Å². The summed E-state index contributed by atoms with van der Waals surface area (Å²) >= 11 is 3.74. The van der Waals surface area contributed by atoms with Crippen molar-refractivity contribution < 1.29 is 19.3 Å². The fourth-order valence-corrected chi connectivity index (χ4v) is 4.45. The molecule has 7 nitrogen and oxygen atoms in total. The number of benzene rings is 2. The number of aromatic nitrogens is 3. The van der Waals surface area contributed by atoms with Gasteiger partial charge in [-0.2, -0.15) is 0 Å². The van der Waals surface area contributed by atoms with Crippen LogP contribution in [0.1, 0.15) is 43.4 Å². The third-order valence-corrected chi connectivity index (χ3v) is 6.54. The van der Waals surface area contributed by atoms with E-state index in [0.29, 0.717) is 24.7 Å². The van der Waals surface area contributed by atoms with Crippen LogP contribution in [0, 0.1) is 0 Å². The van der Waals surface area contributed by atoms with Crippen LogP contribution in [0.5, 0.6) is 17.4 Å². The molecule has 1 unspecified atom stereocenters. The highest BCUT2D eigenvalue weighted by molar-refractivity contribution is 9.10. The Morgan fingerprint density at radius 2 is 1.88 bits per heavy atom. The molecule has 8 heteroatoms. The molecule has 2 aromatic heterocycles. The number of hydrogen-bond donors (Lipinski definition) is 2. The van der Waals surface area contributed by atoms with Gasteiger partial charge >= 0.3 is 0 Å². The van der Waals surface area contributed by atoms with Gasteiger partial charge in [0.25, 0.3) is 5.88 Å². The number of nitrogens with one attached hydrogen (secondary N) is 1. The number of rotatable bonds is 9. The second-order valence-corrected chi connectivity index (χ2v) is 9.08. The van der Waals surface area contributed by atoms with E-state index in [0.717, 1.165) is 32.5 Å². The minimum Gasteiger partial charge on any atom is -0.503 e. The molecule has 0 spiro atoms. The molecule has 2 aromatic carbocycles. The molecule has 1 atom stereocenters. The summed E-state index contributed by atoms with van der Waals surface area (Å²) in [6.45, 7) is 4.80. The fourth-order valence-electron chi connectivity index (χ4n) is 3.79. The van der Waals surface area contributed by atoms with Crippen molar-refractivity contribution in [3.05, 3.63) is 64.3 Å². The molecule has 4 rings (SSSR count). The molecule has 0 amide bonds. The van der Waals surface area contributed by atoms with Crippen LogP contribution < -0.4 is 9.47 Å². The maximum atomic E-state index is 10.2. The van der Waals surface area contributed by atoms with E-state index < -0.39 is 6.10 Å². The highest BCUT2D eigenvalue weighted by Crippen LogP contribution is 2.41. The first kappa shape index (κ1) is 24.0. The summed E-state index contributed by atoms with van der Waals surface area (Å²) in [5.74, 6) is 1.98. The van der Waals surface area contributed by atoms with E-state index in [-0.39, 0.29) is 11.6 Å². The molecule has 0 aliphatic heterocycles. The van der Waals surface area contributed by atoms with Gasteiger partial charge in [0.2, 0.25) is 0 Å². The molecule has 2 heterocycles. The zero-order chi connectivity index (χ0) is 24.2. The van der Waals surface area contributed by atoms with E-state index in [2.05, 4.69) is 64.0 Å². The lowest BCUT2D eigenvalue weighted by Gasteiger charge is -2.21. The number of hydrogen-bond acceptors (Lipinski definition) is 6. The van der Waals surface area contributed by atoms with Crippen molar-refractivity contribution in [1.29, 1.82) is 0 Å². The van der Waals surface area contributed by atoms with Crippen molar-refractivity contribution in [3.8, 4) is 28.8 Å². The number of nitrogens with zero attached hydrogens (tertiary/aromatic N) is 2. The van der Waals surface area contributed by atoms with E-state index >= 15 is 0 Å². The Balaban J connectivity index is 1.78. The lowest BCUT2D eigenvalue weighted by molar-refractivity contribution is 0.119. The zero-order valence-corrected chi connectivity index (χ0v) is 21.2. The van der Waals surface area contributed by atoms with Gasteiger partial charge in [-0.25, -0.2) is 9.97 Å². The molecule has 4 aromatic rings. The van der Waals surface area contributed by atoms with Gasteiger partial charge in [-0.1, -0.05) is 38.1 Å². The SMILES string of the molecule is COCCC(Oc1ncccc1O)c1cc(OC)c2[nH]c(-c3ccc(C(C)C)cc3)nc2c1Br. The van der Waals surface area contributed by atoms with Crippen molar-refractivity contribution in [2.45, 2.75) is 32.3 Å². The number of ether oxygens (including phenoxy) is 3. The molecule has 0 saturated heterocycles. The van der Waals surface area contributed by atoms with Gasteiger partial charge in [0, 0.05) is 30.9 Å². The van der Waals surface area contributed by atoms with E-state index in [1.54, 1.807) is 32.5 Å². The molecule has 34 heavy (non-hydrogen) atoms. The van der Waals surface area contributed by atoms with Gasteiger partial charge in [0.15, 0.2) is 5.75 Å². The Morgan fingerprint density at radius 1 is 1.12 bits per heavy atom. The van der Waals surface area contributed by atoms with Gasteiger partial charge in [-0.3, -0.25) is 0 Å². The maximum absolute atomic E-state index is 10.2. The summed E-state index contributed by atoms with van der Waals surface area (Å²) in [4.78, 5) is 12.5. The summed E-state index contributed by atoms with van der Waals surface area (Å²) in [6.07, 6.45) is 1.65. The maximum Gasteiger partial charge on any atom is 0.257 e. The number of fused-ring (bicyclic) bond motifs is 1. The van der Waals surface area contributed by atoms with Gasteiger partial charge in [0.1, 0.15) is 28.7 Å². The van der Waals surface area contributed by atoms with E-state index in [1.165, 1.54) is 5.56 Å². The van der Waals surface area contributed by atoms with Crippen LogP contribution in [0.2, 0.25) is 0 Å². The van der Waals surface area contributed by atoms with Gasteiger partial charge in [0.05, 0.1) is 18.2 Å². The standard InChI is InChI=1S/C26H28BrN3O4/c1-15(2)16-7-9-17(10-8-16)25-29-23-21(33-4)14-18(22(27)24(23)30-25)20(11-13-32-3)34-26-19(31)6-5-12-28-26/h5-10,12,14-15,20,31H,11,13H2,1-4H3,(H,29,30). The molecule has 0 bridgehead atoms. The predicted molar refractivity (Wildman–Crippen MR) is 136 cm³/mol. The summed E-state index contributed by atoms with van der Waals surface area (Å²) in [5, 5.41) is 10.2. The largest absolute Gasteiger partial charge is 0.503 e. The first-order valence-corrected chi connectivity index (χ1v) is 11.9. The molecule has 0 aliphatic carbocycles. The minimum atomic E-state index is -0.459. The smallest absolute Gasteiger partial charge is 0.257 e. The number of pyridine rings is 1. The summed E-state index contributed by atoms with van der Waals surface area (Å²) in [6, 6.07) is 13.5. The topological polar surface area (TPSA) is 89.5 Å². The number of halogens is 1. The predicted octanol–water partition coefficient (Wildman–Crippen LogP) is 6.38. The normalized spacial score (nSPS) is 12.3. The Labute approximate surface area is 207 Å². The summed E-state index contributed by atoms with van der Waals surface area (Å²) in [7, 11) is 3.26. The molecule has 0 radical (unpaired) electrons. The molecule has 0 aliphatic rings. The quantitative estimate of drug-likeness (QED) is 0.263. The van der Waals surface area contributed by atoms with Crippen LogP contribution in [0.3, 0.4) is 0 Å². The van der Waals surface area contributed by atoms with Crippen molar-refractivity contribution in [2.75, 3.05) is 20.8 Å². The first-order valence-electron chi connectivity index (χ1n) is 11.1. The lowest BCUT2D eigenvalue weighted by atomic mass is 10.0. The molecule has 0 fully saturated rings. The molecule has 0 saturated carbocycles. The highest BCUT2D eigenvalue weighted by Gasteiger charge is 2.24. The van der Waals surface area contributed by atoms with Crippen LogP contribution >= 0.6 is 15.9 Å². The zero-order valence-electron chi connectivity index (χ0n) is 19.6. The monoisotopic (exact) mass is 525 g/mol. The fraction of sp³-hybridized carbons (Fsp3) is 0.308. The van der Waals surface area contributed by atoms with Crippen molar-refractivity contribution in [2.24, 2.45) is 0 Å². The average Bonchev–Trinajstić information content (AvgIpc) is 3.30. The third kappa shape index (κ3) is 4.88. The van der Waals surface area contributed by atoms with Crippen molar-refractivity contribution in [1.82, 2.24) is 15.0 Å². The number of aromatic amines is 1. The molecular formula is C26H28BrN3O4. The molecular weight excluding hydrogens is 498 g/mol. The van der Waals surface area contributed by atoms with Crippen LogP contribution in [-0.4, -0.2) is 40.9 Å². The molecule has 2 N–H and O–H groups in total. The summed E-state index contributed by atoms with van der Waals surface area (Å²) < 4.78 is 17.9. The Morgan fingerprint density at radius 3 is 2.53 bits per heavy atom. The van der Waals surface area contributed by atoms with Gasteiger partial charge in [-0.05, 0) is 45.6 Å². The Hall–Kier alpha value is -3.10. The second kappa shape index (κ2) is 10.4. The Bertz CT molecular complexity index is 1270. The number of imidazole rings is 1. The van der Waals surface area contributed by atoms with Crippen molar-refractivity contribution >= 4 is 27.0 Å². The second-order valence-electron chi connectivity index (χ2n) is 8.28. The average molecular weight is 526 g/mol. The Kier molecular flexibility index (Phi) is 7.38. The number of methoxy groups -OCH3 is 2. The van der Waals surface area contributed by atoms with E-state index in [9.17, 15) is 5.11 Å². The first-order chi connectivity index (χ1) is 16.4. The van der Waals surface area contributed by atoms with Crippen LogP contribution in [-0.2, 0) is 4.74 Å². The third-order valence-electron chi connectivity index (χ3n) is 5.70. The van der Waals surface area contributed by atoms with Crippen molar-refractivity contribution in [3.63, 3.8) is 0 Å². The lowest BCUT2D eigenvalue weighted by Crippen LogP contribution is -2.12. The van der Waals surface area contributed by atoms with Crippen LogP contribution in [0.4, 0.5) is 0 Å². The highest BCUT2D eigenvalue weighted by atomic mass is 79.9. The van der Waals surface area contributed by atoms with Gasteiger partial charge < -0.3 is 24.3 Å². The number of H-pyrrole nitrogens is 1. The molecule has 178 valence electrons. The van der Waals surface area contributed by atoms with Crippen LogP contribution in [0.25, 0.3) is 22.4 Å². The minimum absolute atomic E-state index is 0.0269. The van der Waals surface area contributed by atoms with E-state index in [1.807, 2.05) is 6.07 Å².